The summed E-state index contributed by atoms with van der Waals surface area (Å²) in [6.07, 6.45) is 6.62. The van der Waals surface area contributed by atoms with Gasteiger partial charge >= 0.3 is 0 Å². The first kappa shape index (κ1) is 16.8. The maximum Gasteiger partial charge on any atom is 0.112 e. The number of benzene rings is 2. The van der Waals surface area contributed by atoms with Crippen molar-refractivity contribution in [1.29, 1.82) is 0 Å². The highest BCUT2D eigenvalue weighted by atomic mass is 15.1. The lowest BCUT2D eigenvalue weighted by Crippen LogP contribution is -2.34. The van der Waals surface area contributed by atoms with Crippen molar-refractivity contribution in [2.75, 3.05) is 18.0 Å². The number of aromatic nitrogens is 3. The zero-order valence-electron chi connectivity index (χ0n) is 15.7. The minimum atomic E-state index is 0.339. The molecule has 1 unspecified atom stereocenters. The van der Waals surface area contributed by atoms with Crippen molar-refractivity contribution in [2.45, 2.75) is 12.3 Å². The normalized spacial score (nSPS) is 16.1. The summed E-state index contributed by atoms with van der Waals surface area (Å²) in [6.45, 7) is 5.72. The number of hydrogen-bond donors (Lipinski definition) is 1. The van der Waals surface area contributed by atoms with Crippen LogP contribution in [0.15, 0.2) is 79.6 Å². The Labute approximate surface area is 164 Å². The van der Waals surface area contributed by atoms with Gasteiger partial charge in [-0.1, -0.05) is 30.3 Å². The van der Waals surface area contributed by atoms with E-state index in [4.69, 9.17) is 4.98 Å². The van der Waals surface area contributed by atoms with E-state index < -0.39 is 0 Å². The molecule has 0 fully saturated rings. The fraction of sp³-hybridized carbons (Fsp3) is 0.167. The third kappa shape index (κ3) is 2.97. The second-order valence-electron chi connectivity index (χ2n) is 7.31. The highest BCUT2D eigenvalue weighted by Gasteiger charge is 2.26. The first-order valence-electron chi connectivity index (χ1n) is 9.65. The van der Waals surface area contributed by atoms with Gasteiger partial charge in [0.25, 0.3) is 0 Å². The molecule has 1 N–H and O–H groups in total. The van der Waals surface area contributed by atoms with Crippen LogP contribution < -0.4 is 4.90 Å². The third-order valence-corrected chi connectivity index (χ3v) is 5.49. The third-order valence-electron chi connectivity index (χ3n) is 5.49. The minimum Gasteiger partial charge on any atom is -0.367 e. The van der Waals surface area contributed by atoms with Crippen LogP contribution in [0.1, 0.15) is 17.3 Å². The molecule has 2 aromatic heterocycles. The largest absolute Gasteiger partial charge is 0.367 e. The fourth-order valence-electron chi connectivity index (χ4n) is 4.14. The van der Waals surface area contributed by atoms with E-state index in [1.54, 1.807) is 0 Å². The second-order valence-corrected chi connectivity index (χ2v) is 7.31. The summed E-state index contributed by atoms with van der Waals surface area (Å²) in [6, 6.07) is 19.1. The Kier molecular flexibility index (Phi) is 4.17. The lowest BCUT2D eigenvalue weighted by Gasteiger charge is -2.34. The number of rotatable bonds is 4. The van der Waals surface area contributed by atoms with Gasteiger partial charge in [0.15, 0.2) is 0 Å². The summed E-state index contributed by atoms with van der Waals surface area (Å²) < 4.78 is 0. The van der Waals surface area contributed by atoms with Gasteiger partial charge in [-0.25, -0.2) is 4.98 Å². The summed E-state index contributed by atoms with van der Waals surface area (Å²) in [5, 5.41) is 0. The molecule has 4 aromatic rings. The summed E-state index contributed by atoms with van der Waals surface area (Å²) in [4.78, 5) is 15.0. The zero-order chi connectivity index (χ0) is 18.9. The summed E-state index contributed by atoms with van der Waals surface area (Å²) in [7, 11) is 0. The highest BCUT2D eigenvalue weighted by Crippen LogP contribution is 2.34. The van der Waals surface area contributed by atoms with Gasteiger partial charge in [0.05, 0.1) is 11.0 Å². The van der Waals surface area contributed by atoms with Gasteiger partial charge in [0.2, 0.25) is 0 Å². The molecule has 28 heavy (non-hydrogen) atoms. The molecule has 5 rings (SSSR count). The Bertz CT molecular complexity index is 1130. The van der Waals surface area contributed by atoms with Crippen LogP contribution in [0.3, 0.4) is 0 Å². The van der Waals surface area contributed by atoms with Gasteiger partial charge < -0.3 is 9.88 Å². The number of nitrogens with one attached hydrogen (secondary N) is 1. The van der Waals surface area contributed by atoms with Crippen molar-refractivity contribution in [1.82, 2.24) is 15.0 Å². The average Bonchev–Trinajstić information content (AvgIpc) is 3.18. The molecular weight excluding hydrogens is 344 g/mol. The predicted octanol–water partition coefficient (Wildman–Crippen LogP) is 4.96. The molecule has 0 amide bonds. The number of fused-ring (bicyclic) bond motifs is 2. The van der Waals surface area contributed by atoms with Crippen LogP contribution >= 0.6 is 0 Å². The molecule has 0 spiro atoms. The van der Waals surface area contributed by atoms with E-state index in [1.165, 1.54) is 16.8 Å². The lowest BCUT2D eigenvalue weighted by atomic mass is 9.92. The monoisotopic (exact) mass is 366 g/mol. The van der Waals surface area contributed by atoms with Gasteiger partial charge in [-0.05, 0) is 53.4 Å². The number of aromatic amines is 1. The quantitative estimate of drug-likeness (QED) is 0.519. The van der Waals surface area contributed by atoms with E-state index in [-0.39, 0.29) is 0 Å². The summed E-state index contributed by atoms with van der Waals surface area (Å²) in [5.41, 5.74) is 7.12. The SMILES string of the molecule is C=CCN1CC(c2nc3ccc(-c4ccncc4)cc3[nH]2)Cc2ccccc21. The van der Waals surface area contributed by atoms with Crippen LogP contribution in [0.2, 0.25) is 0 Å². The average molecular weight is 366 g/mol. The van der Waals surface area contributed by atoms with Crippen molar-refractivity contribution in [2.24, 2.45) is 0 Å². The molecule has 1 aliphatic rings. The number of H-pyrrole nitrogens is 1. The molecular formula is C24H22N4. The lowest BCUT2D eigenvalue weighted by molar-refractivity contribution is 0.600. The van der Waals surface area contributed by atoms with Gasteiger partial charge in [0, 0.05) is 37.1 Å². The molecule has 0 radical (unpaired) electrons. The van der Waals surface area contributed by atoms with Crippen LogP contribution in [0.4, 0.5) is 5.69 Å². The number of nitrogens with zero attached hydrogens (tertiary/aromatic N) is 3. The number of hydrogen-bond acceptors (Lipinski definition) is 3. The molecule has 1 aliphatic heterocycles. The zero-order valence-corrected chi connectivity index (χ0v) is 15.7. The van der Waals surface area contributed by atoms with Gasteiger partial charge in [-0.2, -0.15) is 0 Å². The van der Waals surface area contributed by atoms with E-state index in [2.05, 4.69) is 63.9 Å². The molecule has 3 heterocycles. The Balaban J connectivity index is 1.50. The highest BCUT2D eigenvalue weighted by molar-refractivity contribution is 5.82. The second kappa shape index (κ2) is 6.97. The number of imidazole rings is 1. The number of pyridine rings is 1. The van der Waals surface area contributed by atoms with Gasteiger partial charge in [-0.3, -0.25) is 4.98 Å². The van der Waals surface area contributed by atoms with E-state index in [1.807, 2.05) is 30.6 Å². The molecule has 0 bridgehead atoms. The summed E-state index contributed by atoms with van der Waals surface area (Å²) >= 11 is 0. The number of anilines is 1. The Morgan fingerprint density at radius 1 is 1.07 bits per heavy atom. The molecule has 4 nitrogen and oxygen atoms in total. The Morgan fingerprint density at radius 3 is 2.79 bits per heavy atom. The van der Waals surface area contributed by atoms with Crippen LogP contribution in [0.5, 0.6) is 0 Å². The first-order valence-corrected chi connectivity index (χ1v) is 9.65. The predicted molar refractivity (Wildman–Crippen MR) is 115 cm³/mol. The van der Waals surface area contributed by atoms with Crippen LogP contribution in [0.25, 0.3) is 22.2 Å². The molecule has 0 saturated carbocycles. The van der Waals surface area contributed by atoms with Crippen LogP contribution in [-0.2, 0) is 6.42 Å². The van der Waals surface area contributed by atoms with Gasteiger partial charge in [0.1, 0.15) is 5.82 Å². The molecule has 1 atom stereocenters. The maximum atomic E-state index is 4.92. The fourth-order valence-corrected chi connectivity index (χ4v) is 4.14. The van der Waals surface area contributed by atoms with E-state index >= 15 is 0 Å². The van der Waals surface area contributed by atoms with Gasteiger partial charge in [-0.15, -0.1) is 6.58 Å². The molecule has 4 heteroatoms. The van der Waals surface area contributed by atoms with Crippen molar-refractivity contribution in [3.8, 4) is 11.1 Å². The van der Waals surface area contributed by atoms with Crippen LogP contribution in [-0.4, -0.2) is 28.0 Å². The first-order chi connectivity index (χ1) is 13.8. The van der Waals surface area contributed by atoms with E-state index in [9.17, 15) is 0 Å². The molecule has 0 saturated heterocycles. The van der Waals surface area contributed by atoms with Crippen molar-refractivity contribution >= 4 is 16.7 Å². The van der Waals surface area contributed by atoms with Crippen molar-refractivity contribution in [3.63, 3.8) is 0 Å². The van der Waals surface area contributed by atoms with Crippen LogP contribution in [0, 0.1) is 0 Å². The van der Waals surface area contributed by atoms with E-state index in [0.29, 0.717) is 5.92 Å². The summed E-state index contributed by atoms with van der Waals surface area (Å²) in [5.74, 6) is 1.40. The standard InChI is InChI=1S/C24H22N4/c1-2-13-28-16-20(14-19-5-3-4-6-23(19)28)24-26-21-8-7-18(15-22(21)27-24)17-9-11-25-12-10-17/h2-12,15,20H,1,13-14,16H2,(H,26,27). The topological polar surface area (TPSA) is 44.8 Å². The smallest absolute Gasteiger partial charge is 0.112 e. The molecule has 0 aliphatic carbocycles. The molecule has 138 valence electrons. The Hall–Kier alpha value is -3.40. The Morgan fingerprint density at radius 2 is 1.93 bits per heavy atom. The maximum absolute atomic E-state index is 4.92. The minimum absolute atomic E-state index is 0.339. The van der Waals surface area contributed by atoms with Crippen molar-refractivity contribution in [3.05, 3.63) is 91.0 Å². The van der Waals surface area contributed by atoms with E-state index in [0.717, 1.165) is 41.9 Å². The molecule has 2 aromatic carbocycles. The number of para-hydroxylation sites is 1. The van der Waals surface area contributed by atoms with Crippen molar-refractivity contribution < 1.29 is 0 Å².